The molecule has 7 aromatic rings. The maximum absolute atomic E-state index is 2.47. The summed E-state index contributed by atoms with van der Waals surface area (Å²) in [6, 6.07) is 54.1. The molecule has 0 heterocycles. The van der Waals surface area contributed by atoms with Crippen LogP contribution >= 0.6 is 0 Å². The zero-order chi connectivity index (χ0) is 28.7. The van der Waals surface area contributed by atoms with Crippen LogP contribution in [-0.4, -0.2) is 0 Å². The highest BCUT2D eigenvalue weighted by molar-refractivity contribution is 6.22. The van der Waals surface area contributed by atoms with E-state index in [0.29, 0.717) is 0 Å². The molecule has 2 aliphatic rings. The monoisotopic (exact) mass is 546 g/mol. The molecule has 0 saturated heterocycles. The van der Waals surface area contributed by atoms with Crippen molar-refractivity contribution in [2.75, 3.05) is 0 Å². The first-order valence-electron chi connectivity index (χ1n) is 15.2. The number of fused-ring (bicyclic) bond motifs is 6. The maximum Gasteiger partial charge on any atom is 0.0159 e. The van der Waals surface area contributed by atoms with Crippen molar-refractivity contribution in [1.82, 2.24) is 0 Å². The molecule has 0 atom stereocenters. The van der Waals surface area contributed by atoms with Gasteiger partial charge in [-0.15, -0.1) is 0 Å². The second kappa shape index (κ2) is 8.90. The van der Waals surface area contributed by atoms with E-state index in [-0.39, 0.29) is 5.41 Å². The standard InChI is InChI=1S/C43H30/c1-43(2)37-22-10-9-19-31(37)32-24-23-30(25-38(32)43)36-26-35(27-13-5-3-6-14-27)41-33-20-11-17-28-18-12-21-34(39(28)33)42(41)40(36)29-15-7-4-8-16-29/h3-26H,1-2H3. The molecular formula is C43H30. The van der Waals surface area contributed by atoms with Gasteiger partial charge < -0.3 is 0 Å². The first kappa shape index (κ1) is 24.4. The van der Waals surface area contributed by atoms with Crippen LogP contribution in [0.2, 0.25) is 0 Å². The second-order valence-electron chi connectivity index (χ2n) is 12.5. The SMILES string of the molecule is CC1(C)c2ccccc2-c2ccc(-c3cc(-c4ccccc4)c4c(c3-c3ccccc3)-c3cccc5cccc-4c35)cc21. The molecule has 0 aliphatic heterocycles. The van der Waals surface area contributed by atoms with Crippen LogP contribution in [0.1, 0.15) is 25.0 Å². The smallest absolute Gasteiger partial charge is 0.0159 e. The van der Waals surface area contributed by atoms with E-state index in [1.165, 1.54) is 88.7 Å². The molecule has 43 heavy (non-hydrogen) atoms. The molecule has 0 fully saturated rings. The summed E-state index contributed by atoms with van der Waals surface area (Å²) < 4.78 is 0. The van der Waals surface area contributed by atoms with E-state index in [1.807, 2.05) is 0 Å². The van der Waals surface area contributed by atoms with Crippen molar-refractivity contribution >= 4 is 10.8 Å². The minimum atomic E-state index is -0.0599. The fraction of sp³-hybridized carbons (Fsp3) is 0.0698. The lowest BCUT2D eigenvalue weighted by Crippen LogP contribution is -2.14. The van der Waals surface area contributed by atoms with E-state index in [1.54, 1.807) is 0 Å². The molecule has 0 saturated carbocycles. The van der Waals surface area contributed by atoms with Crippen molar-refractivity contribution < 1.29 is 0 Å². The Morgan fingerprint density at radius 1 is 0.349 bits per heavy atom. The summed E-state index contributed by atoms with van der Waals surface area (Å²) in [7, 11) is 0. The van der Waals surface area contributed by atoms with Gasteiger partial charge in [0.2, 0.25) is 0 Å². The maximum atomic E-state index is 2.47. The topological polar surface area (TPSA) is 0 Å². The Hall–Kier alpha value is -5.20. The Bertz CT molecular complexity index is 2230. The Morgan fingerprint density at radius 3 is 1.67 bits per heavy atom. The van der Waals surface area contributed by atoms with Gasteiger partial charge in [-0.05, 0) is 101 Å². The molecule has 0 heteroatoms. The third-order valence-corrected chi connectivity index (χ3v) is 9.81. The number of rotatable bonds is 3. The van der Waals surface area contributed by atoms with Crippen molar-refractivity contribution in [2.24, 2.45) is 0 Å². The molecule has 0 radical (unpaired) electrons. The minimum Gasteiger partial charge on any atom is -0.0622 e. The van der Waals surface area contributed by atoms with Gasteiger partial charge in [-0.25, -0.2) is 0 Å². The van der Waals surface area contributed by atoms with Gasteiger partial charge in [0.1, 0.15) is 0 Å². The van der Waals surface area contributed by atoms with Gasteiger partial charge in [-0.3, -0.25) is 0 Å². The molecule has 0 amide bonds. The Balaban J connectivity index is 1.42. The van der Waals surface area contributed by atoms with Gasteiger partial charge in [-0.1, -0.05) is 147 Å². The van der Waals surface area contributed by atoms with E-state index in [4.69, 9.17) is 0 Å². The van der Waals surface area contributed by atoms with Crippen molar-refractivity contribution in [2.45, 2.75) is 19.3 Å². The van der Waals surface area contributed by atoms with E-state index >= 15 is 0 Å². The van der Waals surface area contributed by atoms with E-state index in [9.17, 15) is 0 Å². The zero-order valence-electron chi connectivity index (χ0n) is 24.4. The van der Waals surface area contributed by atoms with E-state index in [0.717, 1.165) is 0 Å². The van der Waals surface area contributed by atoms with Crippen molar-refractivity contribution in [3.8, 4) is 66.8 Å². The third kappa shape index (κ3) is 3.38. The van der Waals surface area contributed by atoms with Gasteiger partial charge in [0.25, 0.3) is 0 Å². The predicted molar refractivity (Wildman–Crippen MR) is 182 cm³/mol. The molecule has 0 spiro atoms. The molecule has 0 unspecified atom stereocenters. The summed E-state index contributed by atoms with van der Waals surface area (Å²) in [6.07, 6.45) is 0. The van der Waals surface area contributed by atoms with E-state index < -0.39 is 0 Å². The lowest BCUT2D eigenvalue weighted by molar-refractivity contribution is 0.660. The highest BCUT2D eigenvalue weighted by Gasteiger charge is 2.36. The molecule has 0 nitrogen and oxygen atoms in total. The largest absolute Gasteiger partial charge is 0.0622 e. The molecule has 0 bridgehead atoms. The molecule has 9 rings (SSSR count). The predicted octanol–water partition coefficient (Wildman–Crippen LogP) is 11.8. The van der Waals surface area contributed by atoms with Crippen molar-refractivity contribution in [3.05, 3.63) is 157 Å². The molecule has 202 valence electrons. The molecule has 0 aromatic heterocycles. The lowest BCUT2D eigenvalue weighted by Gasteiger charge is -2.24. The highest BCUT2D eigenvalue weighted by Crippen LogP contribution is 2.58. The summed E-state index contributed by atoms with van der Waals surface area (Å²) in [5.74, 6) is 0. The summed E-state index contributed by atoms with van der Waals surface area (Å²) in [4.78, 5) is 0. The average molecular weight is 547 g/mol. The summed E-state index contributed by atoms with van der Waals surface area (Å²) in [6.45, 7) is 4.74. The molecule has 2 aliphatic carbocycles. The Morgan fingerprint density at radius 2 is 0.930 bits per heavy atom. The zero-order valence-corrected chi connectivity index (χ0v) is 24.4. The van der Waals surface area contributed by atoms with Crippen LogP contribution < -0.4 is 0 Å². The molecule has 7 aromatic carbocycles. The normalized spacial score (nSPS) is 13.5. The average Bonchev–Trinajstić information content (AvgIpc) is 3.51. The van der Waals surface area contributed by atoms with Gasteiger partial charge >= 0.3 is 0 Å². The van der Waals surface area contributed by atoms with Crippen LogP contribution in [0.4, 0.5) is 0 Å². The first-order valence-corrected chi connectivity index (χ1v) is 15.2. The van der Waals surface area contributed by atoms with Gasteiger partial charge in [-0.2, -0.15) is 0 Å². The molecule has 0 N–H and O–H groups in total. The van der Waals surface area contributed by atoms with Gasteiger partial charge in [0, 0.05) is 5.41 Å². The quantitative estimate of drug-likeness (QED) is 0.207. The van der Waals surface area contributed by atoms with Gasteiger partial charge in [0.15, 0.2) is 0 Å². The van der Waals surface area contributed by atoms with Crippen LogP contribution in [0.25, 0.3) is 77.5 Å². The first-order chi connectivity index (χ1) is 21.1. The van der Waals surface area contributed by atoms with Crippen molar-refractivity contribution in [1.29, 1.82) is 0 Å². The van der Waals surface area contributed by atoms with Crippen LogP contribution in [0.3, 0.4) is 0 Å². The van der Waals surface area contributed by atoms with Gasteiger partial charge in [0.05, 0.1) is 0 Å². The lowest BCUT2D eigenvalue weighted by atomic mass is 9.79. The highest BCUT2D eigenvalue weighted by atomic mass is 14.4. The molecular weight excluding hydrogens is 516 g/mol. The fourth-order valence-electron chi connectivity index (χ4n) is 7.84. The number of benzene rings is 7. The number of hydrogen-bond donors (Lipinski definition) is 0. The summed E-state index contributed by atoms with van der Waals surface area (Å²) >= 11 is 0. The van der Waals surface area contributed by atoms with E-state index in [2.05, 4.69) is 159 Å². The Labute approximate surface area is 252 Å². The second-order valence-corrected chi connectivity index (χ2v) is 12.5. The van der Waals surface area contributed by atoms with Crippen molar-refractivity contribution in [3.63, 3.8) is 0 Å². The third-order valence-electron chi connectivity index (χ3n) is 9.81. The van der Waals surface area contributed by atoms with Crippen LogP contribution in [0, 0.1) is 0 Å². The minimum absolute atomic E-state index is 0.0599. The Kier molecular flexibility index (Phi) is 5.05. The summed E-state index contributed by atoms with van der Waals surface area (Å²) in [5, 5.41) is 2.65. The van der Waals surface area contributed by atoms with Crippen LogP contribution in [-0.2, 0) is 5.41 Å². The van der Waals surface area contributed by atoms with Crippen LogP contribution in [0.15, 0.2) is 146 Å². The van der Waals surface area contributed by atoms with Crippen LogP contribution in [0.5, 0.6) is 0 Å². The fourth-order valence-corrected chi connectivity index (χ4v) is 7.84. The number of hydrogen-bond acceptors (Lipinski definition) is 0. The summed E-state index contributed by atoms with van der Waals surface area (Å²) in [5.41, 5.74) is 18.5.